The van der Waals surface area contributed by atoms with Crippen molar-refractivity contribution in [1.82, 2.24) is 4.57 Å². The third-order valence-electron chi connectivity index (χ3n) is 3.32. The van der Waals surface area contributed by atoms with Crippen LogP contribution in [0.2, 0.25) is 0 Å². The lowest BCUT2D eigenvalue weighted by atomic mass is 10.1. The Morgan fingerprint density at radius 3 is 2.38 bits per heavy atom. The van der Waals surface area contributed by atoms with E-state index >= 15 is 0 Å². The van der Waals surface area contributed by atoms with Gasteiger partial charge in [-0.1, -0.05) is 6.07 Å². The number of ether oxygens (including phenoxy) is 2. The number of carbonyl (C=O) groups is 3. The summed E-state index contributed by atoms with van der Waals surface area (Å²) in [5.41, 5.74) is 0.885. The first kappa shape index (κ1) is 17.7. The van der Waals surface area contributed by atoms with Gasteiger partial charge in [-0.15, -0.1) is 0 Å². The highest BCUT2D eigenvalue weighted by atomic mass is 16.6. The van der Waals surface area contributed by atoms with Crippen molar-refractivity contribution in [3.63, 3.8) is 0 Å². The van der Waals surface area contributed by atoms with Gasteiger partial charge in [0.05, 0.1) is 18.2 Å². The number of aromatic nitrogens is 1. The second-order valence-corrected chi connectivity index (χ2v) is 6.61. The molecule has 0 unspecified atom stereocenters. The maximum Gasteiger partial charge on any atom is 0.419 e. The Morgan fingerprint density at radius 2 is 1.83 bits per heavy atom. The minimum Gasteiger partial charge on any atom is -0.465 e. The van der Waals surface area contributed by atoms with Gasteiger partial charge in [-0.05, 0) is 45.4 Å². The first-order valence-electron chi connectivity index (χ1n) is 7.57. The summed E-state index contributed by atoms with van der Waals surface area (Å²) in [5.74, 6) is -0.539. The van der Waals surface area contributed by atoms with Crippen LogP contribution in [0.1, 0.15) is 43.6 Å². The van der Waals surface area contributed by atoms with Crippen LogP contribution in [0, 0.1) is 0 Å². The molecule has 0 saturated heterocycles. The normalized spacial score (nSPS) is 11.4. The van der Waals surface area contributed by atoms with E-state index in [9.17, 15) is 14.4 Å². The number of Topliss-reactive ketones (excluding diaryl/α,β-unsaturated/α-hetero) is 1. The predicted molar refractivity (Wildman–Crippen MR) is 89.3 cm³/mol. The molecule has 24 heavy (non-hydrogen) atoms. The van der Waals surface area contributed by atoms with Crippen molar-refractivity contribution in [1.29, 1.82) is 0 Å². The van der Waals surface area contributed by atoms with Crippen LogP contribution in [-0.4, -0.2) is 35.1 Å². The van der Waals surface area contributed by atoms with Gasteiger partial charge < -0.3 is 9.47 Å². The lowest BCUT2D eigenvalue weighted by Crippen LogP contribution is -2.26. The Labute approximate surface area is 140 Å². The Kier molecular flexibility index (Phi) is 4.78. The van der Waals surface area contributed by atoms with Gasteiger partial charge in [0.15, 0.2) is 0 Å². The Morgan fingerprint density at radius 1 is 1.17 bits per heavy atom. The zero-order valence-corrected chi connectivity index (χ0v) is 14.5. The maximum atomic E-state index is 12.4. The van der Waals surface area contributed by atoms with Crippen molar-refractivity contribution >= 4 is 28.7 Å². The van der Waals surface area contributed by atoms with Crippen molar-refractivity contribution in [3.05, 3.63) is 35.5 Å². The molecule has 0 aliphatic rings. The van der Waals surface area contributed by atoms with Gasteiger partial charge in [0, 0.05) is 18.0 Å². The van der Waals surface area contributed by atoms with Gasteiger partial charge in [0.1, 0.15) is 11.4 Å². The van der Waals surface area contributed by atoms with Crippen LogP contribution >= 0.6 is 0 Å². The van der Waals surface area contributed by atoms with Crippen LogP contribution in [0.5, 0.6) is 0 Å². The van der Waals surface area contributed by atoms with E-state index in [1.165, 1.54) is 24.8 Å². The second kappa shape index (κ2) is 6.47. The van der Waals surface area contributed by atoms with Crippen molar-refractivity contribution in [2.45, 2.75) is 39.7 Å². The number of benzene rings is 1. The number of rotatable bonds is 3. The summed E-state index contributed by atoms with van der Waals surface area (Å²) in [6, 6.07) is 5.18. The summed E-state index contributed by atoms with van der Waals surface area (Å²) in [5, 5.41) is 0.548. The first-order chi connectivity index (χ1) is 11.1. The fraction of sp³-hybridized carbons (Fsp3) is 0.389. The number of esters is 1. The van der Waals surface area contributed by atoms with Crippen LogP contribution in [-0.2, 0) is 20.7 Å². The van der Waals surface area contributed by atoms with E-state index < -0.39 is 17.7 Å². The average Bonchev–Trinajstić information content (AvgIpc) is 2.83. The largest absolute Gasteiger partial charge is 0.465 e. The van der Waals surface area contributed by atoms with Crippen molar-refractivity contribution in [3.8, 4) is 0 Å². The highest BCUT2D eigenvalue weighted by molar-refractivity contribution is 6.07. The van der Waals surface area contributed by atoms with E-state index in [0.29, 0.717) is 10.9 Å². The fourth-order valence-corrected chi connectivity index (χ4v) is 2.41. The fourth-order valence-electron chi connectivity index (χ4n) is 2.41. The molecule has 0 amide bonds. The minimum absolute atomic E-state index is 0.0144. The van der Waals surface area contributed by atoms with Gasteiger partial charge in [-0.3, -0.25) is 9.36 Å². The maximum absolute atomic E-state index is 12.4. The van der Waals surface area contributed by atoms with Crippen LogP contribution in [0.4, 0.5) is 4.79 Å². The van der Waals surface area contributed by atoms with Gasteiger partial charge in [-0.2, -0.15) is 0 Å². The highest BCUT2D eigenvalue weighted by Gasteiger charge is 2.23. The summed E-state index contributed by atoms with van der Waals surface area (Å²) >= 11 is 0. The number of hydrogen-bond donors (Lipinski definition) is 0. The molecule has 0 N–H and O–H groups in total. The minimum atomic E-state index is -0.659. The average molecular weight is 331 g/mol. The number of nitrogens with zero attached hydrogens (tertiary/aromatic N) is 1. The summed E-state index contributed by atoms with van der Waals surface area (Å²) in [4.78, 5) is 35.7. The molecule has 1 heterocycles. The number of methoxy groups -OCH3 is 1. The topological polar surface area (TPSA) is 74.6 Å². The molecule has 0 bridgehead atoms. The summed E-state index contributed by atoms with van der Waals surface area (Å²) in [7, 11) is 1.28. The molecular weight excluding hydrogens is 310 g/mol. The van der Waals surface area contributed by atoms with Crippen LogP contribution < -0.4 is 0 Å². The van der Waals surface area contributed by atoms with E-state index in [0.717, 1.165) is 5.56 Å². The Bertz CT molecular complexity index is 811. The Balaban J connectivity index is 2.59. The van der Waals surface area contributed by atoms with Gasteiger partial charge in [-0.25, -0.2) is 9.59 Å². The molecule has 0 fully saturated rings. The van der Waals surface area contributed by atoms with Crippen molar-refractivity contribution in [2.24, 2.45) is 0 Å². The van der Waals surface area contributed by atoms with Gasteiger partial charge >= 0.3 is 12.1 Å². The molecule has 0 radical (unpaired) electrons. The standard InChI is InChI=1S/C18H21NO5/c1-11(20)8-12-6-7-15-13(9-12)14(16(21)23-5)10-19(15)17(22)24-18(2,3)4/h6-7,9-10H,8H2,1-5H3. The molecule has 128 valence electrons. The third-order valence-corrected chi connectivity index (χ3v) is 3.32. The monoisotopic (exact) mass is 331 g/mol. The van der Waals surface area contributed by atoms with E-state index in [2.05, 4.69) is 0 Å². The van der Waals surface area contributed by atoms with Crippen molar-refractivity contribution in [2.75, 3.05) is 7.11 Å². The molecule has 1 aromatic carbocycles. The van der Waals surface area contributed by atoms with E-state index in [-0.39, 0.29) is 17.8 Å². The molecule has 2 aromatic rings. The lowest BCUT2D eigenvalue weighted by molar-refractivity contribution is -0.116. The Hall–Kier alpha value is -2.63. The molecule has 0 spiro atoms. The zero-order chi connectivity index (χ0) is 18.1. The van der Waals surface area contributed by atoms with E-state index in [1.807, 2.05) is 0 Å². The summed E-state index contributed by atoms with van der Waals surface area (Å²) in [6.45, 7) is 6.80. The number of carbonyl (C=O) groups excluding carboxylic acids is 3. The van der Waals surface area contributed by atoms with Gasteiger partial charge in [0.2, 0.25) is 0 Å². The molecule has 2 rings (SSSR count). The highest BCUT2D eigenvalue weighted by Crippen LogP contribution is 2.25. The molecule has 0 atom stereocenters. The van der Waals surface area contributed by atoms with Gasteiger partial charge in [0.25, 0.3) is 0 Å². The summed E-state index contributed by atoms with van der Waals surface area (Å²) in [6.07, 6.45) is 1.08. The molecular formula is C18H21NO5. The van der Waals surface area contributed by atoms with Crippen LogP contribution in [0.25, 0.3) is 10.9 Å². The molecule has 0 saturated carbocycles. The zero-order valence-electron chi connectivity index (χ0n) is 14.5. The number of ketones is 1. The molecule has 0 aliphatic carbocycles. The number of hydrogen-bond acceptors (Lipinski definition) is 5. The lowest BCUT2D eigenvalue weighted by Gasteiger charge is -2.19. The molecule has 6 nitrogen and oxygen atoms in total. The first-order valence-corrected chi connectivity index (χ1v) is 7.57. The van der Waals surface area contributed by atoms with E-state index in [4.69, 9.17) is 9.47 Å². The SMILES string of the molecule is COC(=O)c1cn(C(=O)OC(C)(C)C)c2ccc(CC(C)=O)cc12. The summed E-state index contributed by atoms with van der Waals surface area (Å²) < 4.78 is 11.4. The van der Waals surface area contributed by atoms with Crippen LogP contribution in [0.3, 0.4) is 0 Å². The van der Waals surface area contributed by atoms with Crippen molar-refractivity contribution < 1.29 is 23.9 Å². The second-order valence-electron chi connectivity index (χ2n) is 6.61. The predicted octanol–water partition coefficient (Wildman–Crippen LogP) is 3.34. The molecule has 1 aromatic heterocycles. The molecule has 6 heteroatoms. The van der Waals surface area contributed by atoms with Crippen LogP contribution in [0.15, 0.2) is 24.4 Å². The smallest absolute Gasteiger partial charge is 0.419 e. The molecule has 0 aliphatic heterocycles. The van der Waals surface area contributed by atoms with E-state index in [1.54, 1.807) is 39.0 Å². The quantitative estimate of drug-likeness (QED) is 0.806. The number of fused-ring (bicyclic) bond motifs is 1. The third kappa shape index (κ3) is 3.82.